The molecule has 4 aromatic rings. The first kappa shape index (κ1) is 26.6. The van der Waals surface area contributed by atoms with Gasteiger partial charge in [-0.15, -0.1) is 10.2 Å². The molecule has 0 saturated heterocycles. The second kappa shape index (κ2) is 11.3. The summed E-state index contributed by atoms with van der Waals surface area (Å²) in [4.78, 5) is 12.6. The Morgan fingerprint density at radius 2 is 1.65 bits per heavy atom. The van der Waals surface area contributed by atoms with Crippen LogP contribution in [0.1, 0.15) is 22.5 Å². The lowest BCUT2D eigenvalue weighted by atomic mass is 10.1. The Bertz CT molecular complexity index is 1390. The van der Waals surface area contributed by atoms with Gasteiger partial charge in [0.05, 0.1) is 17.0 Å². The summed E-state index contributed by atoms with van der Waals surface area (Å²) in [7, 11) is 0. The minimum atomic E-state index is -4.67. The van der Waals surface area contributed by atoms with Gasteiger partial charge >= 0.3 is 6.18 Å². The number of aryl methyl sites for hydroxylation is 2. The highest BCUT2D eigenvalue weighted by Gasteiger charge is 2.34. The van der Waals surface area contributed by atoms with Crippen molar-refractivity contribution in [1.82, 2.24) is 14.8 Å². The number of carbonyl (C=O) groups excluding carboxylic acids is 1. The SMILES string of the molecule is Cc1ccc(OCc2nnc(SCC(=O)Nc3ccc(Cl)cc3C(F)(F)F)n2-c2ccc(C)cc2)cc1. The Hall–Kier alpha value is -3.50. The summed E-state index contributed by atoms with van der Waals surface area (Å²) >= 11 is 6.76. The van der Waals surface area contributed by atoms with E-state index in [2.05, 4.69) is 15.5 Å². The molecular weight excluding hydrogens is 525 g/mol. The number of ether oxygens (including phenoxy) is 1. The maximum atomic E-state index is 13.4. The standard InChI is InChI=1S/C26H22ClF3N4O2S/c1-16-3-8-19(9-4-16)34-23(14-36-20-10-5-17(2)6-11-20)32-33-25(34)37-15-24(35)31-22-12-7-18(27)13-21(22)26(28,29)30/h3-13H,14-15H2,1-2H3,(H,31,35). The molecular formula is C26H22ClF3N4O2S. The number of nitrogens with zero attached hydrogens (tertiary/aromatic N) is 3. The smallest absolute Gasteiger partial charge is 0.418 e. The molecule has 6 nitrogen and oxygen atoms in total. The highest BCUT2D eigenvalue weighted by atomic mass is 35.5. The predicted octanol–water partition coefficient (Wildman–Crippen LogP) is 6.87. The maximum Gasteiger partial charge on any atom is 0.418 e. The molecule has 0 aliphatic carbocycles. The molecule has 1 heterocycles. The van der Waals surface area contributed by atoms with Crippen LogP contribution in [-0.2, 0) is 17.6 Å². The zero-order valence-corrected chi connectivity index (χ0v) is 21.4. The van der Waals surface area contributed by atoms with E-state index >= 15 is 0 Å². The summed E-state index contributed by atoms with van der Waals surface area (Å²) in [5.74, 6) is 0.349. The number of anilines is 1. The zero-order chi connectivity index (χ0) is 26.6. The fraction of sp³-hybridized carbons (Fsp3) is 0.192. The number of amides is 1. The second-order valence-corrected chi connectivity index (χ2v) is 9.57. The average molecular weight is 547 g/mol. The molecule has 0 unspecified atom stereocenters. The van der Waals surface area contributed by atoms with Crippen molar-refractivity contribution in [2.45, 2.75) is 31.8 Å². The Labute approximate surface area is 220 Å². The normalized spacial score (nSPS) is 11.4. The monoisotopic (exact) mass is 546 g/mol. The second-order valence-electron chi connectivity index (χ2n) is 8.20. The van der Waals surface area contributed by atoms with Gasteiger partial charge in [0.15, 0.2) is 11.0 Å². The van der Waals surface area contributed by atoms with Crippen LogP contribution in [0.5, 0.6) is 5.75 Å². The van der Waals surface area contributed by atoms with Gasteiger partial charge in [-0.2, -0.15) is 13.2 Å². The summed E-state index contributed by atoms with van der Waals surface area (Å²) in [5, 5.41) is 11.1. The molecule has 1 amide bonds. The van der Waals surface area contributed by atoms with Gasteiger partial charge in [0, 0.05) is 10.7 Å². The fourth-order valence-electron chi connectivity index (χ4n) is 3.40. The first-order chi connectivity index (χ1) is 17.6. The molecule has 0 bridgehead atoms. The van der Waals surface area contributed by atoms with Crippen molar-refractivity contribution >= 4 is 35.0 Å². The van der Waals surface area contributed by atoms with E-state index in [4.69, 9.17) is 16.3 Å². The summed E-state index contributed by atoms with van der Waals surface area (Å²) in [6.07, 6.45) is -4.67. The Kier molecular flexibility index (Phi) is 8.09. The van der Waals surface area contributed by atoms with Gasteiger partial charge in [0.2, 0.25) is 5.91 Å². The van der Waals surface area contributed by atoms with Crippen LogP contribution in [0.2, 0.25) is 5.02 Å². The molecule has 0 saturated carbocycles. The van der Waals surface area contributed by atoms with E-state index in [-0.39, 0.29) is 23.1 Å². The van der Waals surface area contributed by atoms with Crippen molar-refractivity contribution in [3.8, 4) is 11.4 Å². The molecule has 0 fully saturated rings. The quantitative estimate of drug-likeness (QED) is 0.244. The molecule has 3 aromatic carbocycles. The van der Waals surface area contributed by atoms with Gasteiger partial charge in [-0.3, -0.25) is 9.36 Å². The molecule has 0 aliphatic rings. The average Bonchev–Trinajstić information content (AvgIpc) is 3.26. The van der Waals surface area contributed by atoms with Crippen molar-refractivity contribution in [3.05, 3.63) is 94.3 Å². The van der Waals surface area contributed by atoms with E-state index in [1.54, 1.807) is 4.57 Å². The van der Waals surface area contributed by atoms with Crippen LogP contribution in [0.4, 0.5) is 18.9 Å². The largest absolute Gasteiger partial charge is 0.486 e. The van der Waals surface area contributed by atoms with E-state index in [0.717, 1.165) is 40.7 Å². The lowest BCUT2D eigenvalue weighted by Crippen LogP contribution is -2.18. The molecule has 11 heteroatoms. The molecule has 0 atom stereocenters. The van der Waals surface area contributed by atoms with Crippen LogP contribution in [0.15, 0.2) is 71.9 Å². The van der Waals surface area contributed by atoms with Crippen molar-refractivity contribution in [2.75, 3.05) is 11.1 Å². The number of benzene rings is 3. The van der Waals surface area contributed by atoms with E-state index in [0.29, 0.717) is 16.7 Å². The van der Waals surface area contributed by atoms with Crippen LogP contribution < -0.4 is 10.1 Å². The summed E-state index contributed by atoms with van der Waals surface area (Å²) in [6.45, 7) is 4.06. The molecule has 1 N–H and O–H groups in total. The predicted molar refractivity (Wildman–Crippen MR) is 137 cm³/mol. The lowest BCUT2D eigenvalue weighted by molar-refractivity contribution is -0.137. The topological polar surface area (TPSA) is 69.0 Å². The Morgan fingerprint density at radius 1 is 1.00 bits per heavy atom. The van der Waals surface area contributed by atoms with Crippen molar-refractivity contribution in [1.29, 1.82) is 0 Å². The molecule has 4 rings (SSSR count). The molecule has 0 radical (unpaired) electrons. The minimum Gasteiger partial charge on any atom is -0.486 e. The van der Waals surface area contributed by atoms with Crippen LogP contribution in [0.3, 0.4) is 0 Å². The first-order valence-electron chi connectivity index (χ1n) is 11.1. The fourth-order valence-corrected chi connectivity index (χ4v) is 4.34. The Morgan fingerprint density at radius 3 is 2.30 bits per heavy atom. The van der Waals surface area contributed by atoms with E-state index in [1.807, 2.05) is 62.4 Å². The number of nitrogens with one attached hydrogen (secondary N) is 1. The summed E-state index contributed by atoms with van der Waals surface area (Å²) in [6, 6.07) is 18.4. The number of alkyl halides is 3. The van der Waals surface area contributed by atoms with Gasteiger partial charge in [-0.05, 0) is 56.3 Å². The molecule has 192 valence electrons. The summed E-state index contributed by atoms with van der Waals surface area (Å²) < 4.78 is 47.7. The van der Waals surface area contributed by atoms with Gasteiger partial charge in [-0.1, -0.05) is 58.8 Å². The first-order valence-corrected chi connectivity index (χ1v) is 12.5. The van der Waals surface area contributed by atoms with Gasteiger partial charge in [0.25, 0.3) is 0 Å². The van der Waals surface area contributed by atoms with Crippen LogP contribution in [0.25, 0.3) is 5.69 Å². The molecule has 0 aliphatic heterocycles. The van der Waals surface area contributed by atoms with Crippen molar-refractivity contribution < 1.29 is 22.7 Å². The number of carbonyl (C=O) groups is 1. The number of halogens is 4. The van der Waals surface area contributed by atoms with Crippen LogP contribution in [-0.4, -0.2) is 26.4 Å². The molecule has 0 spiro atoms. The third kappa shape index (κ3) is 6.84. The highest BCUT2D eigenvalue weighted by Crippen LogP contribution is 2.36. The minimum absolute atomic E-state index is 0.0775. The maximum absolute atomic E-state index is 13.4. The van der Waals surface area contributed by atoms with Crippen LogP contribution >= 0.6 is 23.4 Å². The number of hydrogen-bond donors (Lipinski definition) is 1. The van der Waals surface area contributed by atoms with E-state index in [9.17, 15) is 18.0 Å². The summed E-state index contributed by atoms with van der Waals surface area (Å²) in [5.41, 5.74) is 1.55. The number of rotatable bonds is 8. The third-order valence-corrected chi connectivity index (χ3v) is 6.44. The van der Waals surface area contributed by atoms with E-state index in [1.165, 1.54) is 6.07 Å². The van der Waals surface area contributed by atoms with Gasteiger partial charge in [-0.25, -0.2) is 0 Å². The lowest BCUT2D eigenvalue weighted by Gasteiger charge is -2.14. The highest BCUT2D eigenvalue weighted by molar-refractivity contribution is 7.99. The van der Waals surface area contributed by atoms with Gasteiger partial charge in [0.1, 0.15) is 12.4 Å². The molecule has 37 heavy (non-hydrogen) atoms. The third-order valence-electron chi connectivity index (χ3n) is 5.27. The van der Waals surface area contributed by atoms with E-state index < -0.39 is 17.6 Å². The molecule has 1 aromatic heterocycles. The van der Waals surface area contributed by atoms with Crippen molar-refractivity contribution in [3.63, 3.8) is 0 Å². The van der Waals surface area contributed by atoms with Gasteiger partial charge < -0.3 is 10.1 Å². The number of aromatic nitrogens is 3. The zero-order valence-electron chi connectivity index (χ0n) is 19.8. The number of thioether (sulfide) groups is 1. The van der Waals surface area contributed by atoms with Crippen LogP contribution in [0, 0.1) is 13.8 Å². The van der Waals surface area contributed by atoms with Crippen molar-refractivity contribution in [2.24, 2.45) is 0 Å². The Balaban J connectivity index is 1.52. The number of hydrogen-bond acceptors (Lipinski definition) is 5.